The Morgan fingerprint density at radius 2 is 2.26 bits per heavy atom. The molecule has 0 atom stereocenters. The maximum atomic E-state index is 14.0. The molecule has 0 saturated heterocycles. The van der Waals surface area contributed by atoms with E-state index < -0.39 is 5.82 Å². The molecule has 0 spiro atoms. The number of fused-ring (bicyclic) bond motifs is 1. The van der Waals surface area contributed by atoms with Crippen LogP contribution in [0.4, 0.5) is 4.39 Å². The first-order valence-electron chi connectivity index (χ1n) is 5.68. The van der Waals surface area contributed by atoms with Gasteiger partial charge in [-0.2, -0.15) is 5.21 Å². The summed E-state index contributed by atoms with van der Waals surface area (Å²) in [4.78, 5) is 11.9. The van der Waals surface area contributed by atoms with Crippen LogP contribution in [0.5, 0.6) is 0 Å². The Morgan fingerprint density at radius 1 is 1.42 bits per heavy atom. The molecule has 0 amide bonds. The second-order valence-electron chi connectivity index (χ2n) is 4.20. The van der Waals surface area contributed by atoms with Gasteiger partial charge in [-0.15, -0.1) is 10.2 Å². The minimum absolute atomic E-state index is 0.198. The predicted molar refractivity (Wildman–Crippen MR) is 66.2 cm³/mol. The molecule has 3 aromatic rings. The third kappa shape index (κ3) is 1.88. The summed E-state index contributed by atoms with van der Waals surface area (Å²) in [6.45, 7) is 1.99. The van der Waals surface area contributed by atoms with Crippen LogP contribution in [0.1, 0.15) is 11.5 Å². The van der Waals surface area contributed by atoms with Crippen LogP contribution < -0.4 is 5.43 Å². The van der Waals surface area contributed by atoms with Gasteiger partial charge in [0, 0.05) is 17.1 Å². The lowest BCUT2D eigenvalue weighted by atomic mass is 10.1. The number of hydrogen-bond acceptors (Lipinski definition) is 4. The van der Waals surface area contributed by atoms with Crippen LogP contribution in [-0.2, 0) is 6.54 Å². The Balaban J connectivity index is 2.31. The molecule has 1 N–H and O–H groups in total. The standard InChI is InChI=1S/C12H10FN5O/c1-7-5-10(19)8-3-2-4-9(13)12(8)18(7)6-11-14-16-17-15-11/h2-5H,6H2,1H3,(H,14,15,16,17). The molecule has 2 aromatic heterocycles. The van der Waals surface area contributed by atoms with Crippen LogP contribution in [0.2, 0.25) is 0 Å². The van der Waals surface area contributed by atoms with Gasteiger partial charge in [0.1, 0.15) is 5.82 Å². The van der Waals surface area contributed by atoms with Gasteiger partial charge in [-0.1, -0.05) is 11.3 Å². The van der Waals surface area contributed by atoms with Gasteiger partial charge in [-0.3, -0.25) is 4.79 Å². The number of H-pyrrole nitrogens is 1. The summed E-state index contributed by atoms with van der Waals surface area (Å²) in [7, 11) is 0. The molecule has 0 bridgehead atoms. The second-order valence-corrected chi connectivity index (χ2v) is 4.20. The van der Waals surface area contributed by atoms with Gasteiger partial charge < -0.3 is 4.57 Å². The van der Waals surface area contributed by atoms with Crippen LogP contribution in [0.25, 0.3) is 10.9 Å². The fourth-order valence-corrected chi connectivity index (χ4v) is 2.10. The van der Waals surface area contributed by atoms with Crippen molar-refractivity contribution in [3.05, 3.63) is 51.8 Å². The maximum Gasteiger partial charge on any atom is 0.194 e. The van der Waals surface area contributed by atoms with Gasteiger partial charge in [0.05, 0.1) is 12.1 Å². The van der Waals surface area contributed by atoms with E-state index in [4.69, 9.17) is 0 Å². The Kier molecular flexibility index (Phi) is 2.59. The van der Waals surface area contributed by atoms with Gasteiger partial charge in [-0.25, -0.2) is 4.39 Å². The highest BCUT2D eigenvalue weighted by Gasteiger charge is 2.12. The molecule has 0 fully saturated rings. The monoisotopic (exact) mass is 259 g/mol. The lowest BCUT2D eigenvalue weighted by molar-refractivity contribution is 0.621. The summed E-state index contributed by atoms with van der Waals surface area (Å²) < 4.78 is 15.7. The SMILES string of the molecule is Cc1cc(=O)c2cccc(F)c2n1Cc1nn[nH]n1. The first-order valence-corrected chi connectivity index (χ1v) is 5.68. The number of rotatable bonds is 2. The van der Waals surface area contributed by atoms with Crippen LogP contribution in [0.15, 0.2) is 29.1 Å². The number of aromatic amines is 1. The molecule has 1 aromatic carbocycles. The van der Waals surface area contributed by atoms with Crippen LogP contribution in [-0.4, -0.2) is 25.2 Å². The minimum atomic E-state index is -0.443. The predicted octanol–water partition coefficient (Wildman–Crippen LogP) is 1.01. The molecule has 2 heterocycles. The van der Waals surface area contributed by atoms with Crippen LogP contribution >= 0.6 is 0 Å². The molecule has 7 heteroatoms. The summed E-state index contributed by atoms with van der Waals surface area (Å²) in [5.41, 5.74) is 0.709. The Bertz CT molecular complexity index is 794. The van der Waals surface area contributed by atoms with E-state index in [2.05, 4.69) is 20.6 Å². The fourth-order valence-electron chi connectivity index (χ4n) is 2.10. The Hall–Kier alpha value is -2.57. The van der Waals surface area contributed by atoms with Crippen LogP contribution in [0, 0.1) is 12.7 Å². The van der Waals surface area contributed by atoms with Gasteiger partial charge >= 0.3 is 0 Å². The fraction of sp³-hybridized carbons (Fsp3) is 0.167. The van der Waals surface area contributed by atoms with Crippen molar-refractivity contribution < 1.29 is 4.39 Å². The molecule has 3 rings (SSSR count). The van der Waals surface area contributed by atoms with E-state index in [1.54, 1.807) is 17.6 Å². The number of tetrazole rings is 1. The molecule has 19 heavy (non-hydrogen) atoms. The quantitative estimate of drug-likeness (QED) is 0.745. The van der Waals surface area contributed by atoms with E-state index in [9.17, 15) is 9.18 Å². The molecule has 0 aliphatic rings. The van der Waals surface area contributed by atoms with Crippen molar-refractivity contribution >= 4 is 10.9 Å². The largest absolute Gasteiger partial charge is 0.334 e. The number of hydrogen-bond donors (Lipinski definition) is 1. The molecular weight excluding hydrogens is 249 g/mol. The Labute approximate surface area is 106 Å². The van der Waals surface area contributed by atoms with Gasteiger partial charge in [-0.05, 0) is 19.1 Å². The number of nitrogens with one attached hydrogen (secondary N) is 1. The molecule has 96 valence electrons. The van der Waals surface area contributed by atoms with Crippen molar-refractivity contribution in [1.82, 2.24) is 25.2 Å². The lowest BCUT2D eigenvalue weighted by Gasteiger charge is -2.13. The molecule has 0 saturated carbocycles. The zero-order chi connectivity index (χ0) is 13.4. The zero-order valence-corrected chi connectivity index (χ0v) is 10.1. The lowest BCUT2D eigenvalue weighted by Crippen LogP contribution is -2.14. The highest BCUT2D eigenvalue weighted by atomic mass is 19.1. The van der Waals surface area contributed by atoms with E-state index in [-0.39, 0.29) is 17.5 Å². The number of halogens is 1. The highest BCUT2D eigenvalue weighted by Crippen LogP contribution is 2.17. The second kappa shape index (κ2) is 4.27. The smallest absolute Gasteiger partial charge is 0.194 e. The van der Waals surface area contributed by atoms with Gasteiger partial charge in [0.2, 0.25) is 0 Å². The molecule has 0 aliphatic carbocycles. The molecule has 0 aliphatic heterocycles. The van der Waals surface area contributed by atoms with Crippen molar-refractivity contribution in [3.8, 4) is 0 Å². The molecule has 0 unspecified atom stereocenters. The van der Waals surface area contributed by atoms with Crippen molar-refractivity contribution in [2.75, 3.05) is 0 Å². The normalized spacial score (nSPS) is 11.1. The van der Waals surface area contributed by atoms with Crippen molar-refractivity contribution in [2.45, 2.75) is 13.5 Å². The minimum Gasteiger partial charge on any atom is -0.334 e. The maximum absolute atomic E-state index is 14.0. The summed E-state index contributed by atoms with van der Waals surface area (Å²) in [5.74, 6) is -0.0157. The zero-order valence-electron chi connectivity index (χ0n) is 10.1. The summed E-state index contributed by atoms with van der Waals surface area (Å²) in [5, 5.41) is 13.8. The average molecular weight is 259 g/mol. The Morgan fingerprint density at radius 3 is 3.00 bits per heavy atom. The van der Waals surface area contributed by atoms with E-state index >= 15 is 0 Å². The number of benzene rings is 1. The molecular formula is C12H10FN5O. The molecule has 0 radical (unpaired) electrons. The number of pyridine rings is 1. The van der Waals surface area contributed by atoms with E-state index in [0.717, 1.165) is 0 Å². The van der Waals surface area contributed by atoms with Crippen molar-refractivity contribution in [2.24, 2.45) is 0 Å². The summed E-state index contributed by atoms with van der Waals surface area (Å²) in [6.07, 6.45) is 0. The number of aromatic nitrogens is 5. The van der Waals surface area contributed by atoms with Gasteiger partial charge in [0.15, 0.2) is 11.3 Å². The van der Waals surface area contributed by atoms with E-state index in [0.29, 0.717) is 16.9 Å². The highest BCUT2D eigenvalue weighted by molar-refractivity contribution is 5.79. The molecule has 6 nitrogen and oxygen atoms in total. The van der Waals surface area contributed by atoms with Crippen LogP contribution in [0.3, 0.4) is 0 Å². The number of para-hydroxylation sites is 1. The van der Waals surface area contributed by atoms with E-state index in [1.165, 1.54) is 18.2 Å². The summed E-state index contributed by atoms with van der Waals surface area (Å²) >= 11 is 0. The van der Waals surface area contributed by atoms with Gasteiger partial charge in [0.25, 0.3) is 0 Å². The first-order chi connectivity index (χ1) is 9.16. The summed E-state index contributed by atoms with van der Waals surface area (Å²) in [6, 6.07) is 5.93. The number of nitrogens with zero attached hydrogens (tertiary/aromatic N) is 4. The number of aryl methyl sites for hydroxylation is 1. The third-order valence-corrected chi connectivity index (χ3v) is 2.98. The van der Waals surface area contributed by atoms with Crippen molar-refractivity contribution in [1.29, 1.82) is 0 Å². The average Bonchev–Trinajstić information content (AvgIpc) is 2.87. The third-order valence-electron chi connectivity index (χ3n) is 2.98. The van der Waals surface area contributed by atoms with Crippen molar-refractivity contribution in [3.63, 3.8) is 0 Å². The first kappa shape index (κ1) is 11.5. The topological polar surface area (TPSA) is 76.5 Å². The van der Waals surface area contributed by atoms with E-state index in [1.807, 2.05) is 0 Å².